The lowest BCUT2D eigenvalue weighted by Crippen LogP contribution is -2.43. The van der Waals surface area contributed by atoms with Crippen LogP contribution in [0.3, 0.4) is 0 Å². The number of rotatable bonds is 7. The van der Waals surface area contributed by atoms with Crippen LogP contribution in [0.5, 0.6) is 0 Å². The van der Waals surface area contributed by atoms with Crippen LogP contribution >= 0.6 is 11.8 Å². The summed E-state index contributed by atoms with van der Waals surface area (Å²) in [5.74, 6) is 0.712. The summed E-state index contributed by atoms with van der Waals surface area (Å²) in [4.78, 5) is 15.3. The molecule has 6 heteroatoms. The zero-order chi connectivity index (χ0) is 21.0. The van der Waals surface area contributed by atoms with E-state index in [0.717, 1.165) is 37.3 Å². The first-order valence-electron chi connectivity index (χ1n) is 10.5. The normalized spacial score (nSPS) is 17.3. The van der Waals surface area contributed by atoms with Crippen molar-refractivity contribution in [3.63, 3.8) is 0 Å². The third-order valence-electron chi connectivity index (χ3n) is 6.11. The van der Waals surface area contributed by atoms with Gasteiger partial charge in [0.25, 0.3) is 5.91 Å². The van der Waals surface area contributed by atoms with Gasteiger partial charge in [-0.1, -0.05) is 32.0 Å². The maximum Gasteiger partial charge on any atom is 0.257 e. The number of carbonyl (C=O) groups excluding carboxylic acids is 1. The summed E-state index contributed by atoms with van der Waals surface area (Å²) in [7, 11) is 0. The van der Waals surface area contributed by atoms with Gasteiger partial charge < -0.3 is 10.2 Å². The average molecular weight is 415 g/mol. The summed E-state index contributed by atoms with van der Waals surface area (Å²) in [6.45, 7) is 11.1. The van der Waals surface area contributed by atoms with Gasteiger partial charge in [-0.15, -0.1) is 0 Å². The van der Waals surface area contributed by atoms with Crippen molar-refractivity contribution in [3.8, 4) is 0 Å². The van der Waals surface area contributed by atoms with E-state index in [1.54, 1.807) is 6.20 Å². The third kappa shape index (κ3) is 5.43. The molecule has 1 aromatic heterocycles. The Kier molecular flexibility index (Phi) is 7.06. The quantitative estimate of drug-likeness (QED) is 0.693. The van der Waals surface area contributed by atoms with Crippen LogP contribution in [-0.2, 0) is 0 Å². The van der Waals surface area contributed by atoms with E-state index < -0.39 is 0 Å². The van der Waals surface area contributed by atoms with Crippen LogP contribution < -0.4 is 5.32 Å². The second-order valence-electron chi connectivity index (χ2n) is 8.71. The summed E-state index contributed by atoms with van der Waals surface area (Å²) in [5, 5.41) is 7.59. The Morgan fingerprint density at radius 3 is 2.62 bits per heavy atom. The highest BCUT2D eigenvalue weighted by molar-refractivity contribution is 7.99. The largest absolute Gasteiger partial charge is 0.307 e. The molecular weight excluding hydrogens is 380 g/mol. The Hall–Kier alpha value is -1.79. The average Bonchev–Trinajstić information content (AvgIpc) is 3.16. The molecular formula is C23H34N4OS. The van der Waals surface area contributed by atoms with E-state index in [1.165, 1.54) is 6.42 Å². The summed E-state index contributed by atoms with van der Waals surface area (Å²) in [5.41, 5.74) is 1.69. The topological polar surface area (TPSA) is 50.2 Å². The molecule has 1 fully saturated rings. The van der Waals surface area contributed by atoms with E-state index in [0.29, 0.717) is 22.4 Å². The van der Waals surface area contributed by atoms with Gasteiger partial charge in [0.05, 0.1) is 12.2 Å². The molecule has 29 heavy (non-hydrogen) atoms. The number of thioether (sulfide) groups is 1. The van der Waals surface area contributed by atoms with E-state index in [-0.39, 0.29) is 5.91 Å². The fraction of sp³-hybridized carbons (Fsp3) is 0.565. The van der Waals surface area contributed by atoms with Crippen LogP contribution in [0.1, 0.15) is 62.0 Å². The minimum Gasteiger partial charge on any atom is -0.307 e. The van der Waals surface area contributed by atoms with Crippen LogP contribution in [0.2, 0.25) is 0 Å². The summed E-state index contributed by atoms with van der Waals surface area (Å²) < 4.78 is 2.31. The first-order chi connectivity index (χ1) is 13.8. The van der Waals surface area contributed by atoms with Gasteiger partial charge in [-0.25, -0.2) is 4.68 Å². The smallest absolute Gasteiger partial charge is 0.257 e. The zero-order valence-electron chi connectivity index (χ0n) is 18.3. The van der Waals surface area contributed by atoms with Gasteiger partial charge in [-0.2, -0.15) is 16.9 Å². The second-order valence-corrected chi connectivity index (χ2v) is 10.2. The number of hydrogen-bond donors (Lipinski definition) is 1. The van der Waals surface area contributed by atoms with Crippen molar-refractivity contribution in [1.82, 2.24) is 14.7 Å². The van der Waals surface area contributed by atoms with Crippen molar-refractivity contribution in [1.29, 1.82) is 0 Å². The molecule has 0 radical (unpaired) electrons. The van der Waals surface area contributed by atoms with Crippen LogP contribution in [0.4, 0.5) is 5.82 Å². The van der Waals surface area contributed by atoms with Crippen molar-refractivity contribution in [3.05, 3.63) is 47.7 Å². The molecule has 1 saturated heterocycles. The SMILES string of the molecule is CSC(C)(C)C[C@@H](C)N1CCC(n2nccc2NC(=O)c2ccccc2C)CC1. The molecule has 0 spiro atoms. The number of amides is 1. The number of aromatic nitrogens is 2. The van der Waals surface area contributed by atoms with Crippen LogP contribution in [0, 0.1) is 6.92 Å². The molecule has 0 bridgehead atoms. The van der Waals surface area contributed by atoms with Crippen molar-refractivity contribution >= 4 is 23.5 Å². The number of likely N-dealkylation sites (tertiary alicyclic amines) is 1. The highest BCUT2D eigenvalue weighted by Gasteiger charge is 2.29. The number of aryl methyl sites for hydroxylation is 1. The number of benzene rings is 1. The fourth-order valence-corrected chi connectivity index (χ4v) is 4.62. The molecule has 1 atom stereocenters. The highest BCUT2D eigenvalue weighted by atomic mass is 32.2. The van der Waals surface area contributed by atoms with Crippen LogP contribution in [0.25, 0.3) is 0 Å². The number of anilines is 1. The maximum atomic E-state index is 12.7. The van der Waals surface area contributed by atoms with E-state index in [1.807, 2.05) is 53.7 Å². The number of carbonyl (C=O) groups is 1. The minimum atomic E-state index is -0.0739. The van der Waals surface area contributed by atoms with Gasteiger partial charge in [-0.05, 0) is 51.0 Å². The fourth-order valence-electron chi connectivity index (χ4n) is 4.21. The molecule has 1 amide bonds. The van der Waals surface area contributed by atoms with E-state index >= 15 is 0 Å². The standard InChI is InChI=1S/C23H34N4OS/c1-17-8-6-7-9-20(17)22(28)25-21-10-13-24-27(21)19-11-14-26(15-12-19)18(2)16-23(3,4)29-5/h6-10,13,18-19H,11-12,14-16H2,1-5H3,(H,25,28)/t18-/m1/s1. The lowest BCUT2D eigenvalue weighted by Gasteiger charge is -2.39. The number of piperidine rings is 1. The molecule has 1 aliphatic heterocycles. The summed E-state index contributed by atoms with van der Waals surface area (Å²) in [6, 6.07) is 10.5. The number of hydrogen-bond acceptors (Lipinski definition) is 4. The summed E-state index contributed by atoms with van der Waals surface area (Å²) in [6.07, 6.45) is 7.28. The monoisotopic (exact) mass is 414 g/mol. The van der Waals surface area contributed by atoms with Crippen molar-refractivity contribution in [2.24, 2.45) is 0 Å². The maximum absolute atomic E-state index is 12.7. The molecule has 158 valence electrons. The zero-order valence-corrected chi connectivity index (χ0v) is 19.1. The molecule has 3 rings (SSSR count). The Bertz CT molecular complexity index is 824. The lowest BCUT2D eigenvalue weighted by atomic mass is 9.98. The molecule has 0 aliphatic carbocycles. The van der Waals surface area contributed by atoms with Gasteiger partial charge in [-0.3, -0.25) is 4.79 Å². The number of nitrogens with zero attached hydrogens (tertiary/aromatic N) is 3. The van der Waals surface area contributed by atoms with Gasteiger partial charge in [0.15, 0.2) is 0 Å². The predicted molar refractivity (Wildman–Crippen MR) is 123 cm³/mol. The Morgan fingerprint density at radius 2 is 1.97 bits per heavy atom. The van der Waals surface area contributed by atoms with E-state index in [4.69, 9.17) is 0 Å². The molecule has 2 heterocycles. The van der Waals surface area contributed by atoms with Crippen molar-refractivity contribution < 1.29 is 4.79 Å². The van der Waals surface area contributed by atoms with Gasteiger partial charge in [0.2, 0.25) is 0 Å². The molecule has 0 saturated carbocycles. The van der Waals surface area contributed by atoms with Gasteiger partial charge in [0, 0.05) is 35.5 Å². The Balaban J connectivity index is 1.61. The summed E-state index contributed by atoms with van der Waals surface area (Å²) >= 11 is 1.94. The first kappa shape index (κ1) is 21.9. The molecule has 1 N–H and O–H groups in total. The van der Waals surface area contributed by atoms with E-state index in [2.05, 4.69) is 42.3 Å². The van der Waals surface area contributed by atoms with Crippen LogP contribution in [0.15, 0.2) is 36.5 Å². The molecule has 0 unspecified atom stereocenters. The molecule has 5 nitrogen and oxygen atoms in total. The predicted octanol–water partition coefficient (Wildman–Crippen LogP) is 5.00. The molecule has 1 aromatic carbocycles. The van der Waals surface area contributed by atoms with Gasteiger partial charge in [0.1, 0.15) is 5.82 Å². The molecule has 1 aliphatic rings. The number of nitrogens with one attached hydrogen (secondary N) is 1. The Labute approximate surface area is 179 Å². The first-order valence-corrected chi connectivity index (χ1v) is 11.7. The van der Waals surface area contributed by atoms with Crippen LogP contribution in [-0.4, -0.2) is 50.7 Å². The Morgan fingerprint density at radius 1 is 1.28 bits per heavy atom. The minimum absolute atomic E-state index is 0.0739. The van der Waals surface area contributed by atoms with Gasteiger partial charge >= 0.3 is 0 Å². The van der Waals surface area contributed by atoms with Crippen molar-refractivity contribution in [2.45, 2.75) is 63.8 Å². The molecule has 2 aromatic rings. The second kappa shape index (κ2) is 9.35. The third-order valence-corrected chi connectivity index (χ3v) is 7.38. The highest BCUT2D eigenvalue weighted by Crippen LogP contribution is 2.31. The van der Waals surface area contributed by atoms with Crippen molar-refractivity contribution in [2.75, 3.05) is 24.7 Å². The van der Waals surface area contributed by atoms with E-state index in [9.17, 15) is 4.79 Å². The lowest BCUT2D eigenvalue weighted by molar-refractivity contribution is 0.102.